The molecule has 0 radical (unpaired) electrons. The first-order valence-electron chi connectivity index (χ1n) is 12.1. The highest BCUT2D eigenvalue weighted by molar-refractivity contribution is 7.80. The summed E-state index contributed by atoms with van der Waals surface area (Å²) >= 11 is 5.50. The van der Waals surface area contributed by atoms with Crippen molar-refractivity contribution < 1.29 is 14.3 Å². The number of amides is 2. The Hall–Kier alpha value is -3.71. The van der Waals surface area contributed by atoms with E-state index in [1.54, 1.807) is 48.3 Å². The van der Waals surface area contributed by atoms with Gasteiger partial charge in [0.05, 0.1) is 17.9 Å². The van der Waals surface area contributed by atoms with Crippen LogP contribution in [0.2, 0.25) is 0 Å². The zero-order valence-electron chi connectivity index (χ0n) is 21.0. The topological polar surface area (TPSA) is 70.7 Å². The number of ether oxygens (including phenoxy) is 1. The lowest BCUT2D eigenvalue weighted by Crippen LogP contribution is -2.41. The summed E-state index contributed by atoms with van der Waals surface area (Å²) < 4.78 is 5.76. The Morgan fingerprint density at radius 2 is 1.67 bits per heavy atom. The third-order valence-electron chi connectivity index (χ3n) is 5.64. The number of benzene rings is 3. The van der Waals surface area contributed by atoms with E-state index in [1.165, 1.54) is 0 Å². The minimum absolute atomic E-state index is 0.190. The smallest absolute Gasteiger partial charge is 0.257 e. The lowest BCUT2D eigenvalue weighted by atomic mass is 10.1. The second kappa shape index (κ2) is 13.4. The zero-order valence-corrected chi connectivity index (χ0v) is 21.8. The van der Waals surface area contributed by atoms with E-state index in [9.17, 15) is 9.59 Å². The molecule has 0 unspecified atom stereocenters. The number of carbonyl (C=O) groups excluding carboxylic acids is 2. The maximum atomic E-state index is 12.9. The molecule has 3 aromatic rings. The summed E-state index contributed by atoms with van der Waals surface area (Å²) in [5, 5.41) is 5.92. The average molecular weight is 504 g/mol. The molecule has 0 aliphatic carbocycles. The largest absolute Gasteiger partial charge is 0.494 e. The minimum atomic E-state index is -0.342. The van der Waals surface area contributed by atoms with Crippen molar-refractivity contribution >= 4 is 34.8 Å². The van der Waals surface area contributed by atoms with Gasteiger partial charge in [-0.05, 0) is 66.9 Å². The molecule has 3 aromatic carbocycles. The predicted molar refractivity (Wildman–Crippen MR) is 149 cm³/mol. The van der Waals surface area contributed by atoms with Gasteiger partial charge in [-0.1, -0.05) is 62.4 Å². The number of anilines is 1. The molecule has 0 saturated heterocycles. The lowest BCUT2D eigenvalue weighted by Gasteiger charge is -2.23. The number of para-hydroxylation sites is 1. The summed E-state index contributed by atoms with van der Waals surface area (Å²) in [6, 6.07) is 24.2. The monoisotopic (exact) mass is 503 g/mol. The molecule has 0 aliphatic rings. The summed E-state index contributed by atoms with van der Waals surface area (Å²) in [5.41, 5.74) is 2.68. The molecular formula is C29H33N3O3S. The Bertz CT molecular complexity index is 1180. The van der Waals surface area contributed by atoms with Crippen LogP contribution in [0.1, 0.15) is 46.5 Å². The van der Waals surface area contributed by atoms with Crippen molar-refractivity contribution in [1.29, 1.82) is 0 Å². The maximum absolute atomic E-state index is 12.9. The van der Waals surface area contributed by atoms with Gasteiger partial charge in [0.2, 0.25) is 0 Å². The van der Waals surface area contributed by atoms with Crippen LogP contribution in [0.15, 0.2) is 78.9 Å². The fourth-order valence-electron chi connectivity index (χ4n) is 3.52. The molecule has 0 bridgehead atoms. The molecule has 0 spiro atoms. The van der Waals surface area contributed by atoms with E-state index in [4.69, 9.17) is 17.0 Å². The van der Waals surface area contributed by atoms with Crippen molar-refractivity contribution in [3.05, 3.63) is 95.6 Å². The van der Waals surface area contributed by atoms with Crippen molar-refractivity contribution in [1.82, 2.24) is 10.6 Å². The van der Waals surface area contributed by atoms with Gasteiger partial charge < -0.3 is 15.0 Å². The van der Waals surface area contributed by atoms with Crippen molar-refractivity contribution in [2.45, 2.75) is 26.7 Å². The first kappa shape index (κ1) is 26.9. The number of hydrogen-bond acceptors (Lipinski definition) is 4. The van der Waals surface area contributed by atoms with Crippen LogP contribution in [0.25, 0.3) is 0 Å². The van der Waals surface area contributed by atoms with Crippen LogP contribution >= 0.6 is 12.2 Å². The van der Waals surface area contributed by atoms with Gasteiger partial charge in [-0.25, -0.2) is 0 Å². The van der Waals surface area contributed by atoms with Gasteiger partial charge in [0.1, 0.15) is 5.75 Å². The molecule has 2 amide bonds. The number of thiocarbonyl (C=S) groups is 1. The molecule has 0 aliphatic heterocycles. The quantitative estimate of drug-likeness (QED) is 0.371. The van der Waals surface area contributed by atoms with Crippen molar-refractivity contribution in [3.63, 3.8) is 0 Å². The molecule has 188 valence electrons. The number of nitrogens with zero attached hydrogens (tertiary/aromatic N) is 1. The molecule has 6 nitrogen and oxygen atoms in total. The number of rotatable bonds is 10. The highest BCUT2D eigenvalue weighted by Crippen LogP contribution is 2.20. The van der Waals surface area contributed by atoms with Gasteiger partial charge in [-0.15, -0.1) is 0 Å². The lowest BCUT2D eigenvalue weighted by molar-refractivity contribution is 0.0952. The third kappa shape index (κ3) is 7.92. The van der Waals surface area contributed by atoms with E-state index < -0.39 is 0 Å². The van der Waals surface area contributed by atoms with E-state index in [1.807, 2.05) is 42.5 Å². The second-order valence-corrected chi connectivity index (χ2v) is 9.27. The predicted octanol–water partition coefficient (Wildman–Crippen LogP) is 5.24. The molecule has 7 heteroatoms. The average Bonchev–Trinajstić information content (AvgIpc) is 2.88. The summed E-state index contributed by atoms with van der Waals surface area (Å²) in [6.07, 6.45) is 1.67. The zero-order chi connectivity index (χ0) is 25.9. The van der Waals surface area contributed by atoms with Crippen molar-refractivity contribution in [2.75, 3.05) is 25.1 Å². The highest BCUT2D eigenvalue weighted by Gasteiger charge is 2.18. The number of nitrogens with one attached hydrogen (secondary N) is 2. The van der Waals surface area contributed by atoms with Gasteiger partial charge in [0.25, 0.3) is 11.8 Å². The maximum Gasteiger partial charge on any atom is 0.257 e. The van der Waals surface area contributed by atoms with Crippen LogP contribution in [0.5, 0.6) is 5.75 Å². The van der Waals surface area contributed by atoms with Crippen LogP contribution in [0.3, 0.4) is 0 Å². The van der Waals surface area contributed by atoms with Crippen molar-refractivity contribution in [2.24, 2.45) is 5.92 Å². The third-order valence-corrected chi connectivity index (χ3v) is 6.01. The summed E-state index contributed by atoms with van der Waals surface area (Å²) in [4.78, 5) is 27.4. The minimum Gasteiger partial charge on any atom is -0.494 e. The normalized spacial score (nSPS) is 10.6. The van der Waals surface area contributed by atoms with Gasteiger partial charge in [0, 0.05) is 19.2 Å². The molecule has 36 heavy (non-hydrogen) atoms. The number of hydrogen-bond donors (Lipinski definition) is 2. The second-order valence-electron chi connectivity index (χ2n) is 8.89. The Kier molecular flexibility index (Phi) is 10.0. The van der Waals surface area contributed by atoms with Gasteiger partial charge in [-0.2, -0.15) is 0 Å². The standard InChI is InChI=1S/C29H33N3O3S/c1-21(2)17-19-35-24-13-9-12-23(20-24)27(33)31-29(36)32(3)26-15-8-7-14-25(26)28(34)30-18-16-22-10-5-4-6-11-22/h4-15,20-21H,16-19H2,1-3H3,(H,30,34)(H,31,33,36). The highest BCUT2D eigenvalue weighted by atomic mass is 32.1. The van der Waals surface area contributed by atoms with Crippen molar-refractivity contribution in [3.8, 4) is 5.75 Å². The van der Waals surface area contributed by atoms with Gasteiger partial charge in [-0.3, -0.25) is 14.9 Å². The van der Waals surface area contributed by atoms with Crippen LogP contribution in [-0.4, -0.2) is 37.1 Å². The first-order chi connectivity index (χ1) is 17.3. The molecule has 3 rings (SSSR count). The van der Waals surface area contributed by atoms with Gasteiger partial charge >= 0.3 is 0 Å². The van der Waals surface area contributed by atoms with Crippen LogP contribution < -0.4 is 20.3 Å². The van der Waals surface area contributed by atoms with Crippen LogP contribution in [0, 0.1) is 5.92 Å². The van der Waals surface area contributed by atoms with Gasteiger partial charge in [0.15, 0.2) is 5.11 Å². The molecular weight excluding hydrogens is 470 g/mol. The molecule has 0 atom stereocenters. The summed E-state index contributed by atoms with van der Waals surface area (Å²) in [6.45, 7) is 5.38. The van der Waals surface area contributed by atoms with E-state index in [2.05, 4.69) is 24.5 Å². The molecule has 0 aromatic heterocycles. The Balaban J connectivity index is 1.61. The summed E-state index contributed by atoms with van der Waals surface area (Å²) in [7, 11) is 1.73. The van der Waals surface area contributed by atoms with E-state index in [-0.39, 0.29) is 16.9 Å². The van der Waals surface area contributed by atoms with E-state index in [0.717, 1.165) is 18.4 Å². The molecule has 2 N–H and O–H groups in total. The number of carbonyl (C=O) groups is 2. The van der Waals surface area contributed by atoms with E-state index >= 15 is 0 Å². The Morgan fingerprint density at radius 3 is 2.42 bits per heavy atom. The fourth-order valence-corrected chi connectivity index (χ4v) is 3.71. The summed E-state index contributed by atoms with van der Waals surface area (Å²) in [5.74, 6) is 0.637. The van der Waals surface area contributed by atoms with Crippen LogP contribution in [0.4, 0.5) is 5.69 Å². The fraction of sp³-hybridized carbons (Fsp3) is 0.276. The molecule has 0 fully saturated rings. The molecule has 0 heterocycles. The molecule has 0 saturated carbocycles. The Labute approximate surface area is 218 Å². The Morgan fingerprint density at radius 1 is 0.944 bits per heavy atom. The van der Waals surface area contributed by atoms with E-state index in [0.29, 0.717) is 41.6 Å². The van der Waals surface area contributed by atoms with Crippen LogP contribution in [-0.2, 0) is 6.42 Å². The SMILES string of the molecule is CC(C)CCOc1cccc(C(=O)NC(=S)N(C)c2ccccc2C(=O)NCCc2ccccc2)c1. The first-order valence-corrected chi connectivity index (χ1v) is 12.5.